The molecule has 0 aromatic carbocycles. The highest BCUT2D eigenvalue weighted by Crippen LogP contribution is 2.28. The van der Waals surface area contributed by atoms with Gasteiger partial charge in [0.15, 0.2) is 5.82 Å². The van der Waals surface area contributed by atoms with Crippen LogP contribution in [0.15, 0.2) is 6.07 Å². The molecule has 1 aliphatic heterocycles. The number of nitrogens with one attached hydrogen (secondary N) is 2. The number of amides is 1. The average Bonchev–Trinajstić information content (AvgIpc) is 3.18. The lowest BCUT2D eigenvalue weighted by molar-refractivity contribution is -0.131. The molecule has 3 rings (SSSR count). The molecule has 2 N–H and O–H groups in total. The van der Waals surface area contributed by atoms with Gasteiger partial charge in [0.1, 0.15) is 0 Å². The van der Waals surface area contributed by atoms with Gasteiger partial charge in [-0.05, 0) is 24.8 Å². The van der Waals surface area contributed by atoms with E-state index in [4.69, 9.17) is 0 Å². The van der Waals surface area contributed by atoms with Gasteiger partial charge in [0.25, 0.3) is 0 Å². The summed E-state index contributed by atoms with van der Waals surface area (Å²) >= 11 is 0. The van der Waals surface area contributed by atoms with Crippen molar-refractivity contribution in [3.05, 3.63) is 23.3 Å². The summed E-state index contributed by atoms with van der Waals surface area (Å²) in [6.45, 7) is 5.80. The monoisotopic (exact) mass is 303 g/mol. The van der Waals surface area contributed by atoms with Gasteiger partial charge in [-0.3, -0.25) is 9.89 Å². The summed E-state index contributed by atoms with van der Waals surface area (Å²) in [7, 11) is 0. The Morgan fingerprint density at radius 1 is 1.36 bits per heavy atom. The minimum Gasteiger partial charge on any atom is -0.342 e. The molecule has 0 unspecified atom stereocenters. The Hall–Kier alpha value is -2.25. The molecule has 2 aromatic rings. The van der Waals surface area contributed by atoms with Crippen LogP contribution < -0.4 is 0 Å². The van der Waals surface area contributed by atoms with Crippen LogP contribution in [0.3, 0.4) is 0 Å². The zero-order valence-corrected chi connectivity index (χ0v) is 12.9. The number of aromatic amines is 2. The molecule has 0 spiro atoms. The maximum absolute atomic E-state index is 12.2. The molecular weight excluding hydrogens is 282 g/mol. The highest BCUT2D eigenvalue weighted by Gasteiger charge is 2.25. The van der Waals surface area contributed by atoms with Gasteiger partial charge in [-0.1, -0.05) is 19.1 Å². The number of aromatic nitrogens is 6. The Kier molecular flexibility index (Phi) is 4.17. The first kappa shape index (κ1) is 14.7. The molecule has 1 aliphatic rings. The Bertz CT molecular complexity index is 611. The summed E-state index contributed by atoms with van der Waals surface area (Å²) in [4.78, 5) is 14.1. The molecule has 0 atom stereocenters. The van der Waals surface area contributed by atoms with Crippen molar-refractivity contribution in [1.29, 1.82) is 0 Å². The maximum Gasteiger partial charge on any atom is 0.230 e. The highest BCUT2D eigenvalue weighted by molar-refractivity contribution is 5.78. The van der Waals surface area contributed by atoms with Gasteiger partial charge >= 0.3 is 0 Å². The summed E-state index contributed by atoms with van der Waals surface area (Å²) in [5.41, 5.74) is 2.29. The molecule has 3 heterocycles. The molecule has 8 nitrogen and oxygen atoms in total. The molecule has 0 radical (unpaired) electrons. The molecule has 1 amide bonds. The van der Waals surface area contributed by atoms with Gasteiger partial charge in [0.2, 0.25) is 5.91 Å². The van der Waals surface area contributed by atoms with E-state index in [1.807, 2.05) is 4.90 Å². The number of tetrazole rings is 1. The molecule has 1 fully saturated rings. The van der Waals surface area contributed by atoms with Gasteiger partial charge in [0.05, 0.1) is 12.1 Å². The molecular formula is C14H21N7O. The number of carbonyl (C=O) groups excluding carboxylic acids is 1. The second-order valence-electron chi connectivity index (χ2n) is 6.06. The third-order valence-electron chi connectivity index (χ3n) is 4.20. The molecule has 22 heavy (non-hydrogen) atoms. The van der Waals surface area contributed by atoms with Crippen LogP contribution in [-0.4, -0.2) is 54.7 Å². The first-order chi connectivity index (χ1) is 10.6. The number of hydrogen-bond acceptors (Lipinski definition) is 5. The van der Waals surface area contributed by atoms with E-state index in [1.165, 1.54) is 5.69 Å². The van der Waals surface area contributed by atoms with Crippen molar-refractivity contribution in [1.82, 2.24) is 35.7 Å². The molecule has 118 valence electrons. The number of carbonyl (C=O) groups is 1. The molecule has 0 aliphatic carbocycles. The predicted octanol–water partition coefficient (Wildman–Crippen LogP) is 0.995. The SMILES string of the molecule is CC(C)c1cc(C2CCN(C(=O)Cc3nn[nH]n3)CC2)[nH]n1. The lowest BCUT2D eigenvalue weighted by Crippen LogP contribution is -2.39. The van der Waals surface area contributed by atoms with E-state index in [0.29, 0.717) is 17.7 Å². The lowest BCUT2D eigenvalue weighted by atomic mass is 9.92. The minimum atomic E-state index is 0.0623. The molecule has 0 saturated carbocycles. The minimum absolute atomic E-state index is 0.0623. The summed E-state index contributed by atoms with van der Waals surface area (Å²) in [6, 6.07) is 2.16. The van der Waals surface area contributed by atoms with Crippen LogP contribution in [0.25, 0.3) is 0 Å². The van der Waals surface area contributed by atoms with Crippen molar-refractivity contribution in [2.24, 2.45) is 0 Å². The van der Waals surface area contributed by atoms with E-state index in [0.717, 1.165) is 31.6 Å². The van der Waals surface area contributed by atoms with E-state index >= 15 is 0 Å². The number of nitrogens with zero attached hydrogens (tertiary/aromatic N) is 5. The maximum atomic E-state index is 12.2. The smallest absolute Gasteiger partial charge is 0.230 e. The van der Waals surface area contributed by atoms with Crippen LogP contribution in [0, 0.1) is 0 Å². The molecule has 0 bridgehead atoms. The van der Waals surface area contributed by atoms with Crippen LogP contribution in [0.1, 0.15) is 55.7 Å². The second-order valence-corrected chi connectivity index (χ2v) is 6.06. The van der Waals surface area contributed by atoms with Gasteiger partial charge < -0.3 is 4.90 Å². The topological polar surface area (TPSA) is 103 Å². The van der Waals surface area contributed by atoms with Gasteiger partial charge in [-0.2, -0.15) is 10.3 Å². The summed E-state index contributed by atoms with van der Waals surface area (Å²) in [6.07, 6.45) is 2.12. The number of rotatable bonds is 4. The van der Waals surface area contributed by atoms with Gasteiger partial charge in [-0.25, -0.2) is 0 Å². The van der Waals surface area contributed by atoms with Crippen molar-refractivity contribution in [3.63, 3.8) is 0 Å². The number of piperidine rings is 1. The molecule has 8 heteroatoms. The quantitative estimate of drug-likeness (QED) is 0.876. The number of H-pyrrole nitrogens is 2. The fourth-order valence-electron chi connectivity index (χ4n) is 2.80. The van der Waals surface area contributed by atoms with Crippen molar-refractivity contribution >= 4 is 5.91 Å². The highest BCUT2D eigenvalue weighted by atomic mass is 16.2. The van der Waals surface area contributed by atoms with E-state index in [1.54, 1.807) is 0 Å². The lowest BCUT2D eigenvalue weighted by Gasteiger charge is -2.31. The Morgan fingerprint density at radius 2 is 2.14 bits per heavy atom. The van der Waals surface area contributed by atoms with E-state index in [2.05, 4.69) is 50.7 Å². The Balaban J connectivity index is 1.54. The zero-order chi connectivity index (χ0) is 15.5. The number of likely N-dealkylation sites (tertiary alicyclic amines) is 1. The molecule has 1 saturated heterocycles. The third kappa shape index (κ3) is 3.15. The first-order valence-corrected chi connectivity index (χ1v) is 7.68. The van der Waals surface area contributed by atoms with Crippen molar-refractivity contribution in [3.8, 4) is 0 Å². The van der Waals surface area contributed by atoms with Crippen LogP contribution in [0.5, 0.6) is 0 Å². The average molecular weight is 303 g/mol. The fourth-order valence-corrected chi connectivity index (χ4v) is 2.80. The van der Waals surface area contributed by atoms with Gasteiger partial charge in [0, 0.05) is 24.7 Å². The zero-order valence-electron chi connectivity index (χ0n) is 12.9. The number of hydrogen-bond donors (Lipinski definition) is 2. The third-order valence-corrected chi connectivity index (χ3v) is 4.20. The largest absolute Gasteiger partial charge is 0.342 e. The van der Waals surface area contributed by atoms with Crippen molar-refractivity contribution in [2.45, 2.75) is 44.9 Å². The summed E-state index contributed by atoms with van der Waals surface area (Å²) < 4.78 is 0. The van der Waals surface area contributed by atoms with Crippen LogP contribution in [0.2, 0.25) is 0 Å². The Labute approximate surface area is 128 Å². The van der Waals surface area contributed by atoms with E-state index in [-0.39, 0.29) is 12.3 Å². The van der Waals surface area contributed by atoms with Crippen molar-refractivity contribution < 1.29 is 4.79 Å². The van der Waals surface area contributed by atoms with Crippen LogP contribution >= 0.6 is 0 Å². The van der Waals surface area contributed by atoms with E-state index < -0.39 is 0 Å². The van der Waals surface area contributed by atoms with Crippen molar-refractivity contribution in [2.75, 3.05) is 13.1 Å². The predicted molar refractivity (Wildman–Crippen MR) is 79.1 cm³/mol. The van der Waals surface area contributed by atoms with E-state index in [9.17, 15) is 4.79 Å². The molecule has 2 aromatic heterocycles. The normalized spacial score (nSPS) is 16.4. The standard InChI is InChI=1S/C14H21N7O/c1-9(2)11-7-12(16-15-11)10-3-5-21(6-4-10)14(22)8-13-17-19-20-18-13/h7,9-10H,3-6,8H2,1-2H3,(H,15,16)(H,17,18,19,20). The van der Waals surface area contributed by atoms with Crippen LogP contribution in [-0.2, 0) is 11.2 Å². The Morgan fingerprint density at radius 3 is 2.73 bits per heavy atom. The summed E-state index contributed by atoms with van der Waals surface area (Å²) in [5.74, 6) is 1.39. The van der Waals surface area contributed by atoms with Crippen LogP contribution in [0.4, 0.5) is 0 Å². The summed E-state index contributed by atoms with van der Waals surface area (Å²) in [5, 5.41) is 21.0. The first-order valence-electron chi connectivity index (χ1n) is 7.68. The second kappa shape index (κ2) is 6.25. The van der Waals surface area contributed by atoms with Gasteiger partial charge in [-0.15, -0.1) is 10.2 Å². The fraction of sp³-hybridized carbons (Fsp3) is 0.643.